The van der Waals surface area contributed by atoms with Gasteiger partial charge in [0.2, 0.25) is 0 Å². The molecule has 6 nitrogen and oxygen atoms in total. The highest BCUT2D eigenvalue weighted by Gasteiger charge is 2.23. The lowest BCUT2D eigenvalue weighted by Crippen LogP contribution is -2.52. The summed E-state index contributed by atoms with van der Waals surface area (Å²) in [5.74, 6) is 1.41. The zero-order valence-electron chi connectivity index (χ0n) is 18.0. The third-order valence-electron chi connectivity index (χ3n) is 5.16. The van der Waals surface area contributed by atoms with E-state index in [4.69, 9.17) is 9.47 Å². The molecule has 0 radical (unpaired) electrons. The first-order valence-corrected chi connectivity index (χ1v) is 10.6. The fourth-order valence-corrected chi connectivity index (χ4v) is 3.49. The lowest BCUT2D eigenvalue weighted by atomic mass is 10.0. The number of nitrogens with zero attached hydrogens (tertiary/aromatic N) is 2. The minimum atomic E-state index is 0.470. The molecule has 1 atom stereocenters. The van der Waals surface area contributed by atoms with Crippen molar-refractivity contribution in [3.8, 4) is 0 Å². The van der Waals surface area contributed by atoms with Gasteiger partial charge in [0.1, 0.15) is 0 Å². The molecule has 1 aromatic rings. The van der Waals surface area contributed by atoms with Gasteiger partial charge in [-0.05, 0) is 23.5 Å². The summed E-state index contributed by atoms with van der Waals surface area (Å²) in [6.45, 7) is 13.4. The molecule has 0 amide bonds. The Hall–Kier alpha value is -1.63. The van der Waals surface area contributed by atoms with E-state index in [9.17, 15) is 0 Å². The average molecular weight is 391 g/mol. The molecule has 6 heteroatoms. The third-order valence-corrected chi connectivity index (χ3v) is 5.16. The Balaban J connectivity index is 1.87. The maximum Gasteiger partial charge on any atom is 0.191 e. The van der Waals surface area contributed by atoms with Crippen LogP contribution in [0, 0.1) is 5.92 Å². The molecule has 0 aliphatic carbocycles. The highest BCUT2D eigenvalue weighted by Crippen LogP contribution is 2.13. The van der Waals surface area contributed by atoms with Crippen molar-refractivity contribution in [3.05, 3.63) is 35.4 Å². The van der Waals surface area contributed by atoms with Crippen LogP contribution >= 0.6 is 0 Å². The number of nitrogens with one attached hydrogen (secondary N) is 2. The first kappa shape index (κ1) is 22.7. The summed E-state index contributed by atoms with van der Waals surface area (Å²) in [4.78, 5) is 6.93. The molecule has 28 heavy (non-hydrogen) atoms. The number of ether oxygens (including phenoxy) is 2. The van der Waals surface area contributed by atoms with Gasteiger partial charge in [-0.2, -0.15) is 0 Å². The largest absolute Gasteiger partial charge is 0.379 e. The van der Waals surface area contributed by atoms with Gasteiger partial charge in [-0.3, -0.25) is 9.89 Å². The summed E-state index contributed by atoms with van der Waals surface area (Å²) in [6, 6.07) is 8.89. The van der Waals surface area contributed by atoms with Gasteiger partial charge in [0.05, 0.1) is 19.8 Å². The van der Waals surface area contributed by atoms with Crippen molar-refractivity contribution in [2.24, 2.45) is 10.9 Å². The van der Waals surface area contributed by atoms with Crippen molar-refractivity contribution in [2.75, 3.05) is 46.5 Å². The quantitative estimate of drug-likeness (QED) is 0.365. The van der Waals surface area contributed by atoms with Gasteiger partial charge in [-0.15, -0.1) is 0 Å². The molecular formula is C22H38N4O2. The minimum absolute atomic E-state index is 0.470. The van der Waals surface area contributed by atoms with Crippen molar-refractivity contribution >= 4 is 5.96 Å². The molecule has 1 aliphatic heterocycles. The zero-order valence-corrected chi connectivity index (χ0v) is 18.0. The molecule has 0 bridgehead atoms. The zero-order chi connectivity index (χ0) is 20.2. The van der Waals surface area contributed by atoms with Crippen LogP contribution in [0.5, 0.6) is 0 Å². The molecule has 0 spiro atoms. The number of hydrogen-bond donors (Lipinski definition) is 2. The molecule has 1 aromatic carbocycles. The predicted molar refractivity (Wildman–Crippen MR) is 116 cm³/mol. The van der Waals surface area contributed by atoms with Crippen LogP contribution in [0.4, 0.5) is 0 Å². The first-order valence-electron chi connectivity index (χ1n) is 10.6. The van der Waals surface area contributed by atoms with Crippen LogP contribution in [-0.2, 0) is 22.6 Å². The number of benzene rings is 1. The third kappa shape index (κ3) is 7.41. The fraction of sp³-hybridized carbons (Fsp3) is 0.682. The Labute approximate surface area is 170 Å². The fourth-order valence-electron chi connectivity index (χ4n) is 3.49. The Morgan fingerprint density at radius 3 is 2.54 bits per heavy atom. The van der Waals surface area contributed by atoms with E-state index in [0.717, 1.165) is 58.4 Å². The first-order chi connectivity index (χ1) is 13.7. The second kappa shape index (κ2) is 12.8. The van der Waals surface area contributed by atoms with E-state index in [-0.39, 0.29) is 0 Å². The van der Waals surface area contributed by atoms with Crippen LogP contribution in [0.25, 0.3) is 0 Å². The summed E-state index contributed by atoms with van der Waals surface area (Å²) in [5.41, 5.74) is 2.47. The topological polar surface area (TPSA) is 58.1 Å². The highest BCUT2D eigenvalue weighted by atomic mass is 16.5. The molecule has 0 saturated carbocycles. The van der Waals surface area contributed by atoms with Crippen molar-refractivity contribution < 1.29 is 9.47 Å². The second-order valence-electron chi connectivity index (χ2n) is 7.59. The van der Waals surface area contributed by atoms with E-state index in [1.807, 2.05) is 7.05 Å². The molecular weight excluding hydrogens is 352 g/mol. The van der Waals surface area contributed by atoms with Crippen LogP contribution < -0.4 is 10.6 Å². The van der Waals surface area contributed by atoms with Gasteiger partial charge >= 0.3 is 0 Å². The molecule has 1 unspecified atom stereocenters. The van der Waals surface area contributed by atoms with Crippen LogP contribution in [0.3, 0.4) is 0 Å². The Kier molecular flexibility index (Phi) is 10.3. The summed E-state index contributed by atoms with van der Waals surface area (Å²) in [6.07, 6.45) is 1.04. The number of rotatable bonds is 10. The maximum atomic E-state index is 5.73. The van der Waals surface area contributed by atoms with E-state index in [2.05, 4.69) is 65.6 Å². The highest BCUT2D eigenvalue weighted by molar-refractivity contribution is 5.79. The van der Waals surface area contributed by atoms with Gasteiger partial charge in [0, 0.05) is 45.9 Å². The standard InChI is InChI=1S/C22H38N4O2/c1-5-12-28-17-20-9-7-6-8-19(20)15-24-22(23-4)25-16-21(18(2)3)26-10-13-27-14-11-26/h6-9,18,21H,5,10-17H2,1-4H3,(H2,23,24,25). The van der Waals surface area contributed by atoms with Crippen LogP contribution in [-0.4, -0.2) is 63.4 Å². The van der Waals surface area contributed by atoms with E-state index < -0.39 is 0 Å². The Bertz CT molecular complexity index is 586. The van der Waals surface area contributed by atoms with E-state index >= 15 is 0 Å². The van der Waals surface area contributed by atoms with E-state index in [0.29, 0.717) is 18.6 Å². The monoisotopic (exact) mass is 390 g/mol. The Morgan fingerprint density at radius 1 is 1.18 bits per heavy atom. The lowest BCUT2D eigenvalue weighted by Gasteiger charge is -2.37. The molecule has 0 aromatic heterocycles. The maximum absolute atomic E-state index is 5.73. The lowest BCUT2D eigenvalue weighted by molar-refractivity contribution is 0.00752. The van der Waals surface area contributed by atoms with Crippen LogP contribution in [0.1, 0.15) is 38.3 Å². The Morgan fingerprint density at radius 2 is 1.89 bits per heavy atom. The van der Waals surface area contributed by atoms with Gasteiger partial charge < -0.3 is 20.1 Å². The summed E-state index contributed by atoms with van der Waals surface area (Å²) in [5, 5.41) is 6.97. The molecule has 1 saturated heterocycles. The van der Waals surface area contributed by atoms with Crippen molar-refractivity contribution in [3.63, 3.8) is 0 Å². The van der Waals surface area contributed by atoms with E-state index in [1.165, 1.54) is 11.1 Å². The van der Waals surface area contributed by atoms with Gasteiger partial charge in [-0.25, -0.2) is 0 Å². The molecule has 1 aliphatic rings. The average Bonchev–Trinajstić information content (AvgIpc) is 2.72. The molecule has 158 valence electrons. The summed E-state index contributed by atoms with van der Waals surface area (Å²) in [7, 11) is 1.82. The van der Waals surface area contributed by atoms with Gasteiger partial charge in [0.25, 0.3) is 0 Å². The number of guanidine groups is 1. The van der Waals surface area contributed by atoms with Crippen molar-refractivity contribution in [2.45, 2.75) is 46.4 Å². The molecule has 2 N–H and O–H groups in total. The van der Waals surface area contributed by atoms with Crippen LogP contribution in [0.2, 0.25) is 0 Å². The van der Waals surface area contributed by atoms with Crippen molar-refractivity contribution in [1.29, 1.82) is 0 Å². The number of hydrogen-bond acceptors (Lipinski definition) is 4. The second-order valence-corrected chi connectivity index (χ2v) is 7.59. The van der Waals surface area contributed by atoms with Gasteiger partial charge in [-0.1, -0.05) is 45.0 Å². The number of morpholine rings is 1. The summed E-state index contributed by atoms with van der Waals surface area (Å²) < 4.78 is 11.2. The number of aliphatic imine (C=N–C) groups is 1. The molecule has 2 rings (SSSR count). The summed E-state index contributed by atoms with van der Waals surface area (Å²) >= 11 is 0. The SMILES string of the molecule is CCCOCc1ccccc1CNC(=NC)NCC(C(C)C)N1CCOCC1. The van der Waals surface area contributed by atoms with Gasteiger partial charge in [0.15, 0.2) is 5.96 Å². The molecule has 1 heterocycles. The smallest absolute Gasteiger partial charge is 0.191 e. The minimum Gasteiger partial charge on any atom is -0.379 e. The predicted octanol–water partition coefficient (Wildman–Crippen LogP) is 2.64. The van der Waals surface area contributed by atoms with Crippen LogP contribution in [0.15, 0.2) is 29.3 Å². The normalized spacial score (nSPS) is 17.0. The van der Waals surface area contributed by atoms with E-state index in [1.54, 1.807) is 0 Å². The van der Waals surface area contributed by atoms with Crippen molar-refractivity contribution in [1.82, 2.24) is 15.5 Å². The molecule has 1 fully saturated rings.